The first-order valence-electron chi connectivity index (χ1n) is 5.74. The second kappa shape index (κ2) is 5.35. The van der Waals surface area contributed by atoms with Gasteiger partial charge in [-0.1, -0.05) is 0 Å². The average molecular weight is 244 g/mol. The van der Waals surface area contributed by atoms with Crippen molar-refractivity contribution in [3.05, 3.63) is 0 Å². The third kappa shape index (κ3) is 4.60. The lowest BCUT2D eigenvalue weighted by atomic mass is 10.2. The van der Waals surface area contributed by atoms with Crippen molar-refractivity contribution in [2.75, 3.05) is 19.6 Å². The van der Waals surface area contributed by atoms with Crippen LogP contribution in [0.1, 0.15) is 27.2 Å². The Hall–Kier alpha value is -1.30. The molecule has 1 rings (SSSR count). The van der Waals surface area contributed by atoms with Crippen LogP contribution < -0.4 is 5.32 Å². The Labute approximate surface area is 101 Å². The Balaban J connectivity index is 2.51. The Morgan fingerprint density at radius 1 is 1.35 bits per heavy atom. The minimum atomic E-state index is -0.879. The zero-order chi connectivity index (χ0) is 13.1. The molecule has 0 aromatic heterocycles. The number of carboxylic acids is 1. The molecule has 1 heterocycles. The zero-order valence-corrected chi connectivity index (χ0v) is 10.5. The van der Waals surface area contributed by atoms with Gasteiger partial charge in [-0.3, -0.25) is 4.79 Å². The van der Waals surface area contributed by atoms with E-state index < -0.39 is 17.6 Å². The van der Waals surface area contributed by atoms with E-state index in [0.29, 0.717) is 26.1 Å². The van der Waals surface area contributed by atoms with E-state index >= 15 is 0 Å². The van der Waals surface area contributed by atoms with Crippen molar-refractivity contribution in [3.8, 4) is 0 Å². The molecule has 1 atom stereocenters. The summed E-state index contributed by atoms with van der Waals surface area (Å²) in [6.45, 7) is 6.76. The quantitative estimate of drug-likeness (QED) is 0.708. The van der Waals surface area contributed by atoms with Gasteiger partial charge in [0.15, 0.2) is 0 Å². The van der Waals surface area contributed by atoms with Crippen LogP contribution in [0.2, 0.25) is 0 Å². The molecule has 0 saturated carbocycles. The fourth-order valence-corrected chi connectivity index (χ4v) is 1.59. The maximum atomic E-state index is 11.8. The summed E-state index contributed by atoms with van der Waals surface area (Å²) >= 11 is 0. The number of hydrogen-bond donors (Lipinski definition) is 2. The van der Waals surface area contributed by atoms with Crippen LogP contribution >= 0.6 is 0 Å². The molecule has 0 bridgehead atoms. The molecule has 0 spiro atoms. The highest BCUT2D eigenvalue weighted by Gasteiger charge is 2.27. The number of carbonyl (C=O) groups excluding carboxylic acids is 1. The standard InChI is InChI=1S/C11H20N2O4/c1-11(2,3)17-10(16)13-6-4-8(9(14)15)12-5-7-13/h8,12H,4-7H2,1-3H3,(H,14,15)/t8-/m1/s1. The molecule has 17 heavy (non-hydrogen) atoms. The molecule has 1 aliphatic rings. The lowest BCUT2D eigenvalue weighted by Gasteiger charge is -2.26. The van der Waals surface area contributed by atoms with E-state index in [0.717, 1.165) is 0 Å². The molecule has 0 aromatic carbocycles. The molecule has 98 valence electrons. The van der Waals surface area contributed by atoms with Crippen molar-refractivity contribution in [1.29, 1.82) is 0 Å². The van der Waals surface area contributed by atoms with Crippen molar-refractivity contribution in [1.82, 2.24) is 10.2 Å². The maximum absolute atomic E-state index is 11.8. The predicted molar refractivity (Wildman–Crippen MR) is 61.9 cm³/mol. The molecule has 0 aromatic rings. The van der Waals surface area contributed by atoms with Crippen molar-refractivity contribution in [2.24, 2.45) is 0 Å². The van der Waals surface area contributed by atoms with E-state index in [-0.39, 0.29) is 6.09 Å². The van der Waals surface area contributed by atoms with Gasteiger partial charge in [0.1, 0.15) is 11.6 Å². The van der Waals surface area contributed by atoms with Gasteiger partial charge in [-0.25, -0.2) is 4.79 Å². The van der Waals surface area contributed by atoms with Gasteiger partial charge in [0, 0.05) is 19.6 Å². The monoisotopic (exact) mass is 244 g/mol. The summed E-state index contributed by atoms with van der Waals surface area (Å²) in [5.74, 6) is -0.879. The number of hydrogen-bond acceptors (Lipinski definition) is 4. The van der Waals surface area contributed by atoms with Gasteiger partial charge in [0.25, 0.3) is 0 Å². The minimum absolute atomic E-state index is 0.384. The summed E-state index contributed by atoms with van der Waals surface area (Å²) in [5, 5.41) is 11.8. The highest BCUT2D eigenvalue weighted by atomic mass is 16.6. The molecule has 1 aliphatic heterocycles. The van der Waals surface area contributed by atoms with E-state index in [9.17, 15) is 9.59 Å². The number of rotatable bonds is 1. The fraction of sp³-hybridized carbons (Fsp3) is 0.818. The fourth-order valence-electron chi connectivity index (χ4n) is 1.59. The van der Waals surface area contributed by atoms with Crippen LogP contribution in [0, 0.1) is 0 Å². The van der Waals surface area contributed by atoms with Crippen LogP contribution in [-0.2, 0) is 9.53 Å². The van der Waals surface area contributed by atoms with Gasteiger partial charge in [0.2, 0.25) is 0 Å². The number of amides is 1. The number of nitrogens with zero attached hydrogens (tertiary/aromatic N) is 1. The predicted octanol–water partition coefficient (Wildman–Crippen LogP) is 0.670. The van der Waals surface area contributed by atoms with E-state index in [4.69, 9.17) is 9.84 Å². The highest BCUT2D eigenvalue weighted by molar-refractivity contribution is 5.74. The van der Waals surface area contributed by atoms with Gasteiger partial charge < -0.3 is 20.1 Å². The highest BCUT2D eigenvalue weighted by Crippen LogP contribution is 2.11. The molecule has 0 radical (unpaired) electrons. The summed E-state index contributed by atoms with van der Waals surface area (Å²) in [7, 11) is 0. The van der Waals surface area contributed by atoms with E-state index in [2.05, 4.69) is 5.32 Å². The number of carboxylic acid groups (broad SMARTS) is 1. The molecule has 6 heteroatoms. The molecule has 0 aliphatic carbocycles. The maximum Gasteiger partial charge on any atom is 0.410 e. The molecule has 1 fully saturated rings. The Bertz CT molecular complexity index is 298. The first kappa shape index (κ1) is 13.8. The molecule has 1 amide bonds. The number of nitrogens with one attached hydrogen (secondary N) is 1. The summed E-state index contributed by atoms with van der Waals surface area (Å²) in [6, 6.07) is -0.581. The minimum Gasteiger partial charge on any atom is -0.480 e. The summed E-state index contributed by atoms with van der Waals surface area (Å²) in [5.41, 5.74) is -0.525. The third-order valence-electron chi connectivity index (χ3n) is 2.41. The van der Waals surface area contributed by atoms with E-state index in [1.54, 1.807) is 25.7 Å². The third-order valence-corrected chi connectivity index (χ3v) is 2.41. The van der Waals surface area contributed by atoms with Crippen LogP contribution in [-0.4, -0.2) is 53.3 Å². The summed E-state index contributed by atoms with van der Waals surface area (Å²) < 4.78 is 5.24. The molecule has 0 unspecified atom stereocenters. The topological polar surface area (TPSA) is 78.9 Å². The number of carbonyl (C=O) groups is 2. The van der Waals surface area contributed by atoms with Gasteiger partial charge >= 0.3 is 12.1 Å². The largest absolute Gasteiger partial charge is 0.480 e. The Kier molecular flexibility index (Phi) is 4.34. The SMILES string of the molecule is CC(C)(C)OC(=O)N1CCN[C@@H](C(=O)O)CC1. The second-order valence-electron chi connectivity index (χ2n) is 5.10. The van der Waals surface area contributed by atoms with Crippen LogP contribution in [0.4, 0.5) is 4.79 Å². The molecular formula is C11H20N2O4. The first-order valence-corrected chi connectivity index (χ1v) is 5.74. The lowest BCUT2D eigenvalue weighted by Crippen LogP contribution is -2.38. The second-order valence-corrected chi connectivity index (χ2v) is 5.10. The summed E-state index contributed by atoms with van der Waals surface area (Å²) in [4.78, 5) is 24.1. The van der Waals surface area contributed by atoms with Crippen LogP contribution in [0.5, 0.6) is 0 Å². The zero-order valence-electron chi connectivity index (χ0n) is 10.5. The van der Waals surface area contributed by atoms with Gasteiger partial charge in [-0.2, -0.15) is 0 Å². The van der Waals surface area contributed by atoms with Crippen molar-refractivity contribution in [2.45, 2.75) is 38.8 Å². The van der Waals surface area contributed by atoms with Crippen molar-refractivity contribution >= 4 is 12.1 Å². The van der Waals surface area contributed by atoms with Crippen LogP contribution in [0.25, 0.3) is 0 Å². The van der Waals surface area contributed by atoms with Gasteiger partial charge in [0.05, 0.1) is 0 Å². The Morgan fingerprint density at radius 2 is 2.00 bits per heavy atom. The van der Waals surface area contributed by atoms with Crippen molar-refractivity contribution in [3.63, 3.8) is 0 Å². The van der Waals surface area contributed by atoms with E-state index in [1.165, 1.54) is 0 Å². The molecule has 2 N–H and O–H groups in total. The van der Waals surface area contributed by atoms with Gasteiger partial charge in [-0.05, 0) is 27.2 Å². The molecule has 6 nitrogen and oxygen atoms in total. The Morgan fingerprint density at radius 3 is 2.53 bits per heavy atom. The number of ether oxygens (including phenoxy) is 1. The molecule has 1 saturated heterocycles. The normalized spacial score (nSPS) is 21.8. The van der Waals surface area contributed by atoms with E-state index in [1.807, 2.05) is 0 Å². The van der Waals surface area contributed by atoms with Crippen LogP contribution in [0.15, 0.2) is 0 Å². The summed E-state index contributed by atoms with van der Waals surface area (Å²) in [6.07, 6.45) is 0.0135. The smallest absolute Gasteiger partial charge is 0.410 e. The number of aliphatic carboxylic acids is 1. The van der Waals surface area contributed by atoms with Crippen LogP contribution in [0.3, 0.4) is 0 Å². The average Bonchev–Trinajstić information content (AvgIpc) is 2.39. The van der Waals surface area contributed by atoms with Crippen molar-refractivity contribution < 1.29 is 19.4 Å². The first-order chi connectivity index (χ1) is 7.79. The van der Waals surface area contributed by atoms with Gasteiger partial charge in [-0.15, -0.1) is 0 Å². The molecular weight excluding hydrogens is 224 g/mol. The lowest BCUT2D eigenvalue weighted by molar-refractivity contribution is -0.139.